The maximum atomic E-state index is 12.9. The van der Waals surface area contributed by atoms with E-state index in [0.29, 0.717) is 4.68 Å². The maximum Gasteiger partial charge on any atom is 0.442 e. The number of amides is 1. The highest BCUT2D eigenvalue weighted by Crippen LogP contribution is 2.37. The van der Waals surface area contributed by atoms with Crippen LogP contribution in [0.2, 0.25) is 5.02 Å². The van der Waals surface area contributed by atoms with Crippen molar-refractivity contribution in [3.63, 3.8) is 0 Å². The van der Waals surface area contributed by atoms with E-state index in [9.17, 15) is 36.9 Å². The molecule has 0 saturated heterocycles. The highest BCUT2D eigenvalue weighted by molar-refractivity contribution is 6.32. The fraction of sp³-hybridized carbons (Fsp3) is 0.286. The van der Waals surface area contributed by atoms with Gasteiger partial charge in [-0.05, 0) is 25.1 Å². The first-order valence-corrected chi connectivity index (χ1v) is 7.61. The average molecular weight is 429 g/mol. The van der Waals surface area contributed by atoms with Crippen LogP contribution >= 0.6 is 11.6 Å². The molecule has 1 amide bonds. The molecule has 1 N–H and O–H groups in total. The van der Waals surface area contributed by atoms with Crippen LogP contribution in [0.1, 0.15) is 11.4 Å². The minimum absolute atomic E-state index is 0.0342. The summed E-state index contributed by atoms with van der Waals surface area (Å²) in [5, 5.41) is 16.0. The van der Waals surface area contributed by atoms with Crippen LogP contribution in [0.3, 0.4) is 0 Å². The molecule has 1 aromatic carbocycles. The van der Waals surface area contributed by atoms with Gasteiger partial charge < -0.3 is 10.1 Å². The highest BCUT2D eigenvalue weighted by atomic mass is 35.5. The Hall–Kier alpha value is -2.96. The zero-order valence-corrected chi connectivity index (χ0v) is 14.5. The Kier molecular flexibility index (Phi) is 6.07. The molecular formula is C14H10ClF5N4O4. The van der Waals surface area contributed by atoms with Crippen LogP contribution in [0, 0.1) is 17.0 Å². The zero-order valence-electron chi connectivity index (χ0n) is 13.8. The van der Waals surface area contributed by atoms with Crippen molar-refractivity contribution in [2.45, 2.75) is 26.3 Å². The van der Waals surface area contributed by atoms with Gasteiger partial charge in [-0.2, -0.15) is 27.1 Å². The molecule has 0 atom stereocenters. The molecule has 1 aromatic heterocycles. The first kappa shape index (κ1) is 21.3. The largest absolute Gasteiger partial charge is 0.442 e. The number of carbonyl (C=O) groups is 1. The number of carbonyl (C=O) groups excluding carboxylic acids is 1. The first-order valence-electron chi connectivity index (χ1n) is 7.23. The van der Waals surface area contributed by atoms with Gasteiger partial charge in [0.1, 0.15) is 18.0 Å². The van der Waals surface area contributed by atoms with E-state index in [1.165, 1.54) is 6.07 Å². The normalized spacial score (nSPS) is 11.6. The number of benzene rings is 1. The second-order valence-corrected chi connectivity index (χ2v) is 5.67. The molecule has 0 unspecified atom stereocenters. The van der Waals surface area contributed by atoms with Gasteiger partial charge in [-0.3, -0.25) is 19.6 Å². The van der Waals surface area contributed by atoms with Crippen LogP contribution < -0.4 is 10.1 Å². The summed E-state index contributed by atoms with van der Waals surface area (Å²) in [5.74, 6) is -1.23. The quantitative estimate of drug-likeness (QED) is 0.426. The van der Waals surface area contributed by atoms with Gasteiger partial charge in [0.2, 0.25) is 11.6 Å². The number of nitrogens with zero attached hydrogens (tertiary/aromatic N) is 3. The molecule has 152 valence electrons. The van der Waals surface area contributed by atoms with E-state index in [4.69, 9.17) is 11.6 Å². The fourth-order valence-electron chi connectivity index (χ4n) is 2.21. The van der Waals surface area contributed by atoms with E-state index in [1.54, 1.807) is 0 Å². The van der Waals surface area contributed by atoms with Crippen molar-refractivity contribution in [2.24, 2.45) is 0 Å². The van der Waals surface area contributed by atoms with Crippen LogP contribution in [-0.4, -0.2) is 27.2 Å². The second-order valence-electron chi connectivity index (χ2n) is 5.27. The van der Waals surface area contributed by atoms with E-state index in [2.05, 4.69) is 15.2 Å². The van der Waals surface area contributed by atoms with Crippen LogP contribution in [0.15, 0.2) is 18.2 Å². The molecule has 8 nitrogen and oxygen atoms in total. The molecule has 14 heteroatoms. The van der Waals surface area contributed by atoms with E-state index in [1.807, 2.05) is 0 Å². The molecule has 0 fully saturated rings. The first-order chi connectivity index (χ1) is 12.9. The molecule has 1 heterocycles. The molecule has 2 aromatic rings. The van der Waals surface area contributed by atoms with Crippen LogP contribution in [-0.2, 0) is 17.5 Å². The smallest absolute Gasteiger partial charge is 0.433 e. The minimum Gasteiger partial charge on any atom is -0.433 e. The molecule has 0 saturated carbocycles. The Bertz CT molecular complexity index is 916. The minimum atomic E-state index is -5.08. The Morgan fingerprint density at radius 1 is 1.43 bits per heavy atom. The topological polar surface area (TPSA) is 99.3 Å². The lowest BCUT2D eigenvalue weighted by atomic mass is 10.3. The van der Waals surface area contributed by atoms with Gasteiger partial charge in [0.05, 0.1) is 9.95 Å². The van der Waals surface area contributed by atoms with Gasteiger partial charge in [0, 0.05) is 5.69 Å². The molecule has 28 heavy (non-hydrogen) atoms. The SMILES string of the molecule is Cc1c([N+](=O)[O-])c(C(F)(F)F)nn1CC(=O)Nc1ccc(OC(F)F)c(Cl)c1. The Balaban J connectivity index is 2.20. The van der Waals surface area contributed by atoms with E-state index >= 15 is 0 Å². The number of nitrogens with one attached hydrogen (secondary N) is 1. The fourth-order valence-corrected chi connectivity index (χ4v) is 2.43. The lowest BCUT2D eigenvalue weighted by molar-refractivity contribution is -0.388. The number of alkyl halides is 5. The molecule has 0 aliphatic heterocycles. The van der Waals surface area contributed by atoms with Crippen molar-refractivity contribution in [1.82, 2.24) is 9.78 Å². The van der Waals surface area contributed by atoms with Crippen molar-refractivity contribution in [3.8, 4) is 5.75 Å². The summed E-state index contributed by atoms with van der Waals surface area (Å²) in [6, 6.07) is 3.30. The summed E-state index contributed by atoms with van der Waals surface area (Å²) in [7, 11) is 0. The van der Waals surface area contributed by atoms with Gasteiger partial charge in [0.15, 0.2) is 0 Å². The Morgan fingerprint density at radius 3 is 2.54 bits per heavy atom. The number of aromatic nitrogens is 2. The third-order valence-electron chi connectivity index (χ3n) is 3.35. The predicted molar refractivity (Wildman–Crippen MR) is 85.3 cm³/mol. The van der Waals surface area contributed by atoms with Crippen LogP contribution in [0.5, 0.6) is 5.75 Å². The van der Waals surface area contributed by atoms with Gasteiger partial charge in [-0.25, -0.2) is 0 Å². The van der Waals surface area contributed by atoms with Gasteiger partial charge in [-0.1, -0.05) is 11.6 Å². The van der Waals surface area contributed by atoms with E-state index in [0.717, 1.165) is 19.1 Å². The van der Waals surface area contributed by atoms with E-state index in [-0.39, 0.29) is 16.5 Å². The molecule has 0 radical (unpaired) electrons. The Morgan fingerprint density at radius 2 is 2.07 bits per heavy atom. The molecule has 0 aliphatic carbocycles. The van der Waals surface area contributed by atoms with Gasteiger partial charge >= 0.3 is 18.5 Å². The molecular weight excluding hydrogens is 419 g/mol. The van der Waals surface area contributed by atoms with Crippen molar-refractivity contribution in [3.05, 3.63) is 44.7 Å². The summed E-state index contributed by atoms with van der Waals surface area (Å²) < 4.78 is 67.7. The van der Waals surface area contributed by atoms with E-state index < -0.39 is 47.2 Å². The lowest BCUT2D eigenvalue weighted by Crippen LogP contribution is -2.20. The summed E-state index contributed by atoms with van der Waals surface area (Å²) in [6.45, 7) is -2.87. The molecule has 0 bridgehead atoms. The van der Waals surface area contributed by atoms with Crippen LogP contribution in [0.25, 0.3) is 0 Å². The monoisotopic (exact) mass is 428 g/mol. The molecule has 0 aliphatic rings. The maximum absolute atomic E-state index is 12.9. The predicted octanol–water partition coefficient (Wildman–Crippen LogP) is 4.01. The number of hydrogen-bond donors (Lipinski definition) is 1. The standard InChI is InChI=1S/C14H10ClF5N4O4/c1-6-11(24(26)27)12(14(18,19)20)22-23(6)5-10(25)21-7-2-3-9(8(15)4-7)28-13(16)17/h2-4,13H,5H2,1H3,(H,21,25). The summed E-state index contributed by atoms with van der Waals surface area (Å²) in [5.41, 5.74) is -3.41. The Labute approximate surface area is 158 Å². The second kappa shape index (κ2) is 7.96. The van der Waals surface area contributed by atoms with Crippen molar-refractivity contribution in [1.29, 1.82) is 0 Å². The number of nitro groups is 1. The van der Waals surface area contributed by atoms with Crippen molar-refractivity contribution in [2.75, 3.05) is 5.32 Å². The van der Waals surface area contributed by atoms with Crippen molar-refractivity contribution < 1.29 is 36.4 Å². The number of anilines is 1. The summed E-state index contributed by atoms with van der Waals surface area (Å²) in [4.78, 5) is 21.7. The van der Waals surface area contributed by atoms with Crippen LogP contribution in [0.4, 0.5) is 33.3 Å². The molecule has 2 rings (SSSR count). The summed E-state index contributed by atoms with van der Waals surface area (Å²) >= 11 is 5.72. The average Bonchev–Trinajstić information content (AvgIpc) is 2.86. The number of hydrogen-bond acceptors (Lipinski definition) is 5. The number of halogens is 6. The molecule has 0 spiro atoms. The number of ether oxygens (including phenoxy) is 1. The summed E-state index contributed by atoms with van der Waals surface area (Å²) in [6.07, 6.45) is -5.08. The van der Waals surface area contributed by atoms with Gasteiger partial charge in [0.25, 0.3) is 0 Å². The van der Waals surface area contributed by atoms with Crippen molar-refractivity contribution >= 4 is 28.9 Å². The lowest BCUT2D eigenvalue weighted by Gasteiger charge is -2.10. The zero-order chi connectivity index (χ0) is 21.2. The third-order valence-corrected chi connectivity index (χ3v) is 3.65. The third kappa shape index (κ3) is 4.85. The number of rotatable bonds is 6. The van der Waals surface area contributed by atoms with Gasteiger partial charge in [-0.15, -0.1) is 0 Å². The highest BCUT2D eigenvalue weighted by Gasteiger charge is 2.44.